The van der Waals surface area contributed by atoms with Crippen molar-refractivity contribution in [3.05, 3.63) is 65.2 Å². The molecule has 1 heterocycles. The summed E-state index contributed by atoms with van der Waals surface area (Å²) in [6.07, 6.45) is 0.787. The van der Waals surface area contributed by atoms with Crippen LogP contribution in [0.3, 0.4) is 0 Å². The van der Waals surface area contributed by atoms with Crippen molar-refractivity contribution in [3.8, 4) is 11.3 Å². The summed E-state index contributed by atoms with van der Waals surface area (Å²) in [5.74, 6) is 0. The first kappa shape index (κ1) is 14.1. The van der Waals surface area contributed by atoms with Gasteiger partial charge >= 0.3 is 137 Å². The molecule has 3 nitrogen and oxygen atoms in total. The number of benzene rings is 2. The van der Waals surface area contributed by atoms with E-state index in [9.17, 15) is 6.87 Å². The fourth-order valence-electron chi connectivity index (χ4n) is 3.17. The number of rotatable bonds is 2. The molecular formula is C18H16INO2. The van der Waals surface area contributed by atoms with Gasteiger partial charge in [0.05, 0.1) is 0 Å². The Kier molecular flexibility index (Phi) is 3.40. The van der Waals surface area contributed by atoms with Gasteiger partial charge < -0.3 is 0 Å². The Balaban J connectivity index is 1.91. The van der Waals surface area contributed by atoms with Crippen molar-refractivity contribution < 1.29 is 6.87 Å². The molecule has 0 amide bonds. The standard InChI is InChI=1S/C18H16INO2/c1-11-8-13-10-15(19(21)22)18(13)14(9-11)17-7-6-12-4-2-3-5-16(12)20-17/h2-9,15,21-22H,10H2,1H3/t15-/m1/s1. The van der Waals surface area contributed by atoms with Crippen molar-refractivity contribution in [2.75, 3.05) is 0 Å². The van der Waals surface area contributed by atoms with Gasteiger partial charge in [0.25, 0.3) is 0 Å². The zero-order valence-electron chi connectivity index (χ0n) is 12.1. The van der Waals surface area contributed by atoms with E-state index >= 15 is 0 Å². The van der Waals surface area contributed by atoms with Crippen LogP contribution in [0.4, 0.5) is 0 Å². The van der Waals surface area contributed by atoms with Crippen molar-refractivity contribution in [2.24, 2.45) is 0 Å². The van der Waals surface area contributed by atoms with Gasteiger partial charge in [0.1, 0.15) is 0 Å². The van der Waals surface area contributed by atoms with E-state index < -0.39 is 20.6 Å². The second-order valence-electron chi connectivity index (χ2n) is 5.72. The molecule has 0 bridgehead atoms. The first-order chi connectivity index (χ1) is 10.6. The van der Waals surface area contributed by atoms with E-state index in [1.807, 2.05) is 24.3 Å². The summed E-state index contributed by atoms with van der Waals surface area (Å²) < 4.78 is 19.4. The number of nitrogens with zero attached hydrogens (tertiary/aromatic N) is 1. The summed E-state index contributed by atoms with van der Waals surface area (Å²) >= 11 is -2.83. The summed E-state index contributed by atoms with van der Waals surface area (Å²) in [6.45, 7) is 2.08. The molecule has 2 N–H and O–H groups in total. The molecule has 1 atom stereocenters. The molecule has 1 aliphatic carbocycles. The van der Waals surface area contributed by atoms with Crippen LogP contribution in [-0.2, 0) is 6.42 Å². The molecule has 4 rings (SSSR count). The van der Waals surface area contributed by atoms with Gasteiger partial charge in [-0.2, -0.15) is 0 Å². The number of hydrogen-bond donors (Lipinski definition) is 2. The Labute approximate surface area is 137 Å². The Bertz CT molecular complexity index is 876. The molecular weight excluding hydrogens is 389 g/mol. The molecule has 1 aliphatic rings. The van der Waals surface area contributed by atoms with Crippen molar-refractivity contribution in [1.82, 2.24) is 4.98 Å². The maximum atomic E-state index is 9.72. The Morgan fingerprint density at radius 2 is 1.91 bits per heavy atom. The number of hydrogen-bond acceptors (Lipinski definition) is 3. The average Bonchev–Trinajstić information content (AvgIpc) is 2.48. The molecule has 0 spiro atoms. The van der Waals surface area contributed by atoms with Gasteiger partial charge in [0.2, 0.25) is 0 Å². The van der Waals surface area contributed by atoms with E-state index in [0.29, 0.717) is 0 Å². The van der Waals surface area contributed by atoms with Crippen LogP contribution < -0.4 is 0 Å². The Morgan fingerprint density at radius 1 is 1.09 bits per heavy atom. The molecule has 112 valence electrons. The van der Waals surface area contributed by atoms with E-state index in [1.54, 1.807) is 0 Å². The van der Waals surface area contributed by atoms with Crippen LogP contribution in [0.2, 0.25) is 0 Å². The van der Waals surface area contributed by atoms with Crippen molar-refractivity contribution in [1.29, 1.82) is 0 Å². The number of aromatic nitrogens is 1. The van der Waals surface area contributed by atoms with Crippen LogP contribution in [0.25, 0.3) is 22.2 Å². The molecule has 0 saturated heterocycles. The van der Waals surface area contributed by atoms with Gasteiger partial charge in [0, 0.05) is 0 Å². The van der Waals surface area contributed by atoms with Crippen LogP contribution in [0.5, 0.6) is 0 Å². The molecule has 0 fully saturated rings. The molecule has 4 heteroatoms. The summed E-state index contributed by atoms with van der Waals surface area (Å²) in [5.41, 5.74) is 6.47. The van der Waals surface area contributed by atoms with Gasteiger partial charge in [-0.05, 0) is 0 Å². The normalized spacial score (nSPS) is 17.0. The van der Waals surface area contributed by atoms with E-state index in [4.69, 9.17) is 4.98 Å². The molecule has 0 unspecified atom stereocenters. The fourth-order valence-corrected chi connectivity index (χ4v) is 5.33. The monoisotopic (exact) mass is 405 g/mol. The number of para-hydroxylation sites is 1. The summed E-state index contributed by atoms with van der Waals surface area (Å²) in [6, 6.07) is 16.4. The van der Waals surface area contributed by atoms with E-state index in [0.717, 1.165) is 34.1 Å². The van der Waals surface area contributed by atoms with E-state index in [1.165, 1.54) is 11.1 Å². The third-order valence-electron chi connectivity index (χ3n) is 4.23. The summed E-state index contributed by atoms with van der Waals surface area (Å²) in [7, 11) is 0. The van der Waals surface area contributed by atoms with Crippen LogP contribution >= 0.6 is 20.6 Å². The molecule has 3 aromatic rings. The molecule has 0 saturated carbocycles. The summed E-state index contributed by atoms with van der Waals surface area (Å²) in [5, 5.41) is 1.12. The van der Waals surface area contributed by atoms with Crippen molar-refractivity contribution in [2.45, 2.75) is 17.3 Å². The molecule has 1 aromatic heterocycles. The quantitative estimate of drug-likeness (QED) is 0.498. The third-order valence-corrected chi connectivity index (χ3v) is 6.64. The van der Waals surface area contributed by atoms with Gasteiger partial charge in [-0.15, -0.1) is 0 Å². The molecule has 0 aliphatic heterocycles. The molecule has 22 heavy (non-hydrogen) atoms. The predicted octanol–water partition coefficient (Wildman–Crippen LogP) is 4.13. The van der Waals surface area contributed by atoms with Crippen LogP contribution in [0.1, 0.15) is 20.6 Å². The van der Waals surface area contributed by atoms with E-state index in [2.05, 4.69) is 31.2 Å². The SMILES string of the molecule is Cc1cc2c(c(-c3ccc4ccccc4n3)c1)[C@H](I(O)O)C2. The Hall–Kier alpha value is -1.50. The number of alkyl halides is 1. The van der Waals surface area contributed by atoms with Crippen molar-refractivity contribution >= 4 is 31.6 Å². The third kappa shape index (κ3) is 2.22. The second-order valence-corrected chi connectivity index (χ2v) is 8.77. The number of halogens is 1. The number of pyridine rings is 1. The molecule has 2 aromatic carbocycles. The van der Waals surface area contributed by atoms with Gasteiger partial charge in [-0.25, -0.2) is 0 Å². The average molecular weight is 405 g/mol. The number of aryl methyl sites for hydroxylation is 1. The minimum atomic E-state index is -2.83. The fraction of sp³-hybridized carbons (Fsp3) is 0.167. The maximum absolute atomic E-state index is 9.72. The van der Waals surface area contributed by atoms with Crippen LogP contribution in [0.15, 0.2) is 48.5 Å². The van der Waals surface area contributed by atoms with Crippen LogP contribution in [0, 0.1) is 6.92 Å². The van der Waals surface area contributed by atoms with E-state index in [-0.39, 0.29) is 3.92 Å². The molecule has 0 radical (unpaired) electrons. The second kappa shape index (κ2) is 5.30. The van der Waals surface area contributed by atoms with Crippen molar-refractivity contribution in [3.63, 3.8) is 0 Å². The van der Waals surface area contributed by atoms with Crippen LogP contribution in [-0.4, -0.2) is 11.9 Å². The zero-order valence-corrected chi connectivity index (χ0v) is 14.3. The van der Waals surface area contributed by atoms with Gasteiger partial charge in [0.15, 0.2) is 0 Å². The van der Waals surface area contributed by atoms with Gasteiger partial charge in [-0.1, -0.05) is 0 Å². The first-order valence-corrected chi connectivity index (χ1v) is 10.4. The number of fused-ring (bicyclic) bond motifs is 2. The van der Waals surface area contributed by atoms with Gasteiger partial charge in [-0.3, -0.25) is 0 Å². The summed E-state index contributed by atoms with van der Waals surface area (Å²) in [4.78, 5) is 4.77. The Morgan fingerprint density at radius 3 is 2.73 bits per heavy atom. The topological polar surface area (TPSA) is 53.4 Å². The zero-order chi connectivity index (χ0) is 15.3. The minimum absolute atomic E-state index is 0.0527. The predicted molar refractivity (Wildman–Crippen MR) is 96.8 cm³/mol. The first-order valence-electron chi connectivity index (χ1n) is 7.20.